The maximum absolute atomic E-state index is 9.00. The Kier molecular flexibility index (Phi) is 4.60. The van der Waals surface area contributed by atoms with Gasteiger partial charge in [0.25, 0.3) is 0 Å². The fraction of sp³-hybridized carbons (Fsp3) is 1.00. The van der Waals surface area contributed by atoms with Gasteiger partial charge in [0.05, 0.1) is 18.8 Å². The molecule has 2 unspecified atom stereocenters. The van der Waals surface area contributed by atoms with E-state index in [0.717, 1.165) is 0 Å². The molecule has 0 fully saturated rings. The molecular formula is C7H16O3. The van der Waals surface area contributed by atoms with Crippen LogP contribution in [0.15, 0.2) is 0 Å². The summed E-state index contributed by atoms with van der Waals surface area (Å²) in [5.74, 6) is 0. The van der Waals surface area contributed by atoms with Crippen molar-refractivity contribution in [1.82, 2.24) is 0 Å². The van der Waals surface area contributed by atoms with Gasteiger partial charge in [-0.3, -0.25) is 0 Å². The molecule has 0 aliphatic carbocycles. The molecule has 3 nitrogen and oxygen atoms in total. The average Bonchev–Trinajstić information content (AvgIpc) is 1.82. The fourth-order valence-electron chi connectivity index (χ4n) is 0.430. The first-order valence-electron chi connectivity index (χ1n) is 3.51. The maximum Gasteiger partial charge on any atom is 0.103 e. The SMILES string of the molecule is CC(C)OCC(O)C(C)O. The van der Waals surface area contributed by atoms with Gasteiger partial charge in [-0.25, -0.2) is 0 Å². The minimum atomic E-state index is -0.762. The average molecular weight is 148 g/mol. The predicted molar refractivity (Wildman–Crippen MR) is 38.8 cm³/mol. The van der Waals surface area contributed by atoms with Gasteiger partial charge in [0.1, 0.15) is 6.10 Å². The first-order chi connectivity index (χ1) is 4.54. The Hall–Kier alpha value is -0.120. The van der Waals surface area contributed by atoms with Crippen molar-refractivity contribution < 1.29 is 14.9 Å². The predicted octanol–water partition coefficient (Wildman–Crippen LogP) is 0.153. The maximum atomic E-state index is 9.00. The first-order valence-corrected chi connectivity index (χ1v) is 3.51. The summed E-state index contributed by atoms with van der Waals surface area (Å²) in [5.41, 5.74) is 0. The van der Waals surface area contributed by atoms with Gasteiger partial charge in [0, 0.05) is 0 Å². The van der Waals surface area contributed by atoms with E-state index >= 15 is 0 Å². The van der Waals surface area contributed by atoms with Crippen LogP contribution in [0, 0.1) is 0 Å². The highest BCUT2D eigenvalue weighted by molar-refractivity contribution is 4.60. The Bertz CT molecular complexity index is 80.9. The number of hydrogen-bond donors (Lipinski definition) is 2. The Balaban J connectivity index is 3.30. The van der Waals surface area contributed by atoms with Crippen LogP contribution in [0.25, 0.3) is 0 Å². The summed E-state index contributed by atoms with van der Waals surface area (Å²) < 4.78 is 5.05. The highest BCUT2D eigenvalue weighted by Crippen LogP contribution is 1.95. The number of ether oxygens (including phenoxy) is 1. The van der Waals surface area contributed by atoms with Crippen molar-refractivity contribution in [3.8, 4) is 0 Å². The van der Waals surface area contributed by atoms with Gasteiger partial charge in [-0.2, -0.15) is 0 Å². The largest absolute Gasteiger partial charge is 0.391 e. The molecule has 0 heterocycles. The van der Waals surface area contributed by atoms with E-state index in [1.807, 2.05) is 13.8 Å². The molecule has 0 aliphatic heterocycles. The summed E-state index contributed by atoms with van der Waals surface area (Å²) in [6, 6.07) is 0. The molecule has 62 valence electrons. The van der Waals surface area contributed by atoms with E-state index in [0.29, 0.717) is 0 Å². The molecule has 2 atom stereocenters. The van der Waals surface area contributed by atoms with Crippen LogP contribution in [0.5, 0.6) is 0 Å². The van der Waals surface area contributed by atoms with Crippen molar-refractivity contribution in [3.63, 3.8) is 0 Å². The quantitative estimate of drug-likeness (QED) is 0.596. The highest BCUT2D eigenvalue weighted by Gasteiger charge is 2.10. The second-order valence-corrected chi connectivity index (χ2v) is 2.69. The number of aliphatic hydroxyl groups excluding tert-OH is 2. The number of rotatable bonds is 4. The number of hydrogen-bond acceptors (Lipinski definition) is 3. The lowest BCUT2D eigenvalue weighted by Gasteiger charge is -2.15. The van der Waals surface area contributed by atoms with Crippen LogP contribution in [0.2, 0.25) is 0 Å². The zero-order valence-electron chi connectivity index (χ0n) is 6.74. The third-order valence-electron chi connectivity index (χ3n) is 1.16. The van der Waals surface area contributed by atoms with Crippen LogP contribution in [-0.4, -0.2) is 35.1 Å². The second-order valence-electron chi connectivity index (χ2n) is 2.69. The molecule has 0 amide bonds. The molecule has 0 radical (unpaired) electrons. The van der Waals surface area contributed by atoms with Gasteiger partial charge in [-0.05, 0) is 20.8 Å². The van der Waals surface area contributed by atoms with Crippen molar-refractivity contribution in [2.45, 2.75) is 39.1 Å². The van der Waals surface area contributed by atoms with Crippen LogP contribution >= 0.6 is 0 Å². The zero-order valence-corrected chi connectivity index (χ0v) is 6.74. The Labute approximate surface area is 61.6 Å². The molecule has 0 aromatic rings. The van der Waals surface area contributed by atoms with Crippen molar-refractivity contribution in [2.75, 3.05) is 6.61 Å². The Morgan fingerprint density at radius 3 is 2.00 bits per heavy atom. The lowest BCUT2D eigenvalue weighted by Crippen LogP contribution is -2.29. The zero-order chi connectivity index (χ0) is 8.15. The standard InChI is InChI=1S/C7H16O3/c1-5(2)10-4-7(9)6(3)8/h5-9H,4H2,1-3H3. The lowest BCUT2D eigenvalue weighted by atomic mass is 10.2. The van der Waals surface area contributed by atoms with Gasteiger partial charge in [-0.1, -0.05) is 0 Å². The Morgan fingerprint density at radius 1 is 1.20 bits per heavy atom. The minimum absolute atomic E-state index is 0.105. The van der Waals surface area contributed by atoms with Crippen LogP contribution < -0.4 is 0 Å². The van der Waals surface area contributed by atoms with E-state index in [1.54, 1.807) is 0 Å². The summed E-state index contributed by atoms with van der Waals surface area (Å²) in [6.07, 6.45) is -1.37. The molecule has 2 N–H and O–H groups in total. The molecule has 0 saturated heterocycles. The van der Waals surface area contributed by atoms with Crippen molar-refractivity contribution >= 4 is 0 Å². The summed E-state index contributed by atoms with van der Waals surface area (Å²) in [6.45, 7) is 5.51. The molecule has 0 aliphatic rings. The van der Waals surface area contributed by atoms with Gasteiger partial charge in [-0.15, -0.1) is 0 Å². The topological polar surface area (TPSA) is 49.7 Å². The molecule has 0 aromatic heterocycles. The third-order valence-corrected chi connectivity index (χ3v) is 1.16. The number of aliphatic hydroxyl groups is 2. The van der Waals surface area contributed by atoms with Gasteiger partial charge >= 0.3 is 0 Å². The molecule has 0 bridgehead atoms. The van der Waals surface area contributed by atoms with Crippen molar-refractivity contribution in [1.29, 1.82) is 0 Å². The minimum Gasteiger partial charge on any atom is -0.391 e. The molecule has 0 spiro atoms. The van der Waals surface area contributed by atoms with Crippen LogP contribution in [-0.2, 0) is 4.74 Å². The van der Waals surface area contributed by atoms with E-state index in [4.69, 9.17) is 14.9 Å². The van der Waals surface area contributed by atoms with E-state index in [2.05, 4.69) is 0 Å². The second kappa shape index (κ2) is 4.66. The van der Waals surface area contributed by atoms with E-state index in [9.17, 15) is 0 Å². The highest BCUT2D eigenvalue weighted by atomic mass is 16.5. The molecule has 0 saturated carbocycles. The third kappa shape index (κ3) is 4.73. The van der Waals surface area contributed by atoms with E-state index in [-0.39, 0.29) is 12.7 Å². The Morgan fingerprint density at radius 2 is 1.70 bits per heavy atom. The normalized spacial score (nSPS) is 17.4. The van der Waals surface area contributed by atoms with Crippen LogP contribution in [0.4, 0.5) is 0 Å². The van der Waals surface area contributed by atoms with E-state index in [1.165, 1.54) is 6.92 Å². The molecule has 10 heavy (non-hydrogen) atoms. The van der Waals surface area contributed by atoms with Crippen LogP contribution in [0.3, 0.4) is 0 Å². The fourth-order valence-corrected chi connectivity index (χ4v) is 0.430. The monoisotopic (exact) mass is 148 g/mol. The first kappa shape index (κ1) is 9.88. The van der Waals surface area contributed by atoms with Crippen molar-refractivity contribution in [2.24, 2.45) is 0 Å². The molecule has 3 heteroatoms. The summed E-state index contributed by atoms with van der Waals surface area (Å²) in [4.78, 5) is 0. The van der Waals surface area contributed by atoms with Gasteiger partial charge in [0.2, 0.25) is 0 Å². The van der Waals surface area contributed by atoms with Crippen molar-refractivity contribution in [3.05, 3.63) is 0 Å². The molecule has 0 aromatic carbocycles. The van der Waals surface area contributed by atoms with Gasteiger partial charge < -0.3 is 14.9 Å². The smallest absolute Gasteiger partial charge is 0.103 e. The summed E-state index contributed by atoms with van der Waals surface area (Å²) in [7, 11) is 0. The summed E-state index contributed by atoms with van der Waals surface area (Å²) in [5, 5.41) is 17.8. The molecular weight excluding hydrogens is 132 g/mol. The summed E-state index contributed by atoms with van der Waals surface area (Å²) >= 11 is 0. The van der Waals surface area contributed by atoms with Crippen LogP contribution in [0.1, 0.15) is 20.8 Å². The molecule has 0 rings (SSSR count). The van der Waals surface area contributed by atoms with E-state index < -0.39 is 12.2 Å². The lowest BCUT2D eigenvalue weighted by molar-refractivity contribution is -0.0465. The van der Waals surface area contributed by atoms with Gasteiger partial charge in [0.15, 0.2) is 0 Å².